The predicted octanol–water partition coefficient (Wildman–Crippen LogP) is 7.80. The molecule has 0 aliphatic rings. The highest BCUT2D eigenvalue weighted by Gasteiger charge is 2.16. The maximum atomic E-state index is 9.98. The summed E-state index contributed by atoms with van der Waals surface area (Å²) in [4.78, 5) is 0. The predicted molar refractivity (Wildman–Crippen MR) is 174 cm³/mol. The molecular formula is C38H26N2O4. The first-order chi connectivity index (χ1) is 21.4. The fourth-order valence-corrected chi connectivity index (χ4v) is 4.52. The summed E-state index contributed by atoms with van der Waals surface area (Å²) >= 11 is 0. The molecule has 0 bridgehead atoms. The number of hydrogen-bond donors (Lipinski definition) is 4. The van der Waals surface area contributed by atoms with Gasteiger partial charge in [0, 0.05) is 28.6 Å². The molecule has 0 atom stereocenters. The van der Waals surface area contributed by atoms with Crippen molar-refractivity contribution in [3.8, 4) is 58.2 Å². The zero-order chi connectivity index (χ0) is 30.5. The van der Waals surface area contributed by atoms with Crippen molar-refractivity contribution in [2.45, 2.75) is 0 Å². The van der Waals surface area contributed by atoms with E-state index in [2.05, 4.69) is 23.7 Å². The number of phenolic OH excluding ortho intramolecular Hbond substituents is 2. The van der Waals surface area contributed by atoms with Crippen LogP contribution in [0.1, 0.15) is 22.3 Å². The standard InChI is InChI=1S/C38H26N2O4/c39-34-23-30(15-19-36(34)41)43-29-14-18-32-28(22-29)21-27(13-11-25-7-3-1-4-8-25)38(44-31-16-20-37(42)35(40)24-31)33(32)17-12-26-9-5-2-6-10-26/h1-10,14-16,18-24,41-42H,39-40H2. The third-order valence-electron chi connectivity index (χ3n) is 6.74. The number of anilines is 2. The SMILES string of the molecule is Nc1cc(Oc2ccc3c(C#Cc4ccccc4)c(Oc4ccc(O)c(N)c4)c(C#Cc4ccccc4)cc3c2)ccc1O. The first-order valence-corrected chi connectivity index (χ1v) is 13.7. The molecule has 0 amide bonds. The van der Waals surface area contributed by atoms with E-state index in [1.165, 1.54) is 12.1 Å². The van der Waals surface area contributed by atoms with Crippen LogP contribution in [0.4, 0.5) is 11.4 Å². The van der Waals surface area contributed by atoms with E-state index in [0.717, 1.165) is 21.9 Å². The minimum atomic E-state index is -0.0352. The third-order valence-corrected chi connectivity index (χ3v) is 6.74. The first kappa shape index (κ1) is 27.7. The lowest BCUT2D eigenvalue weighted by molar-refractivity contribution is 0.465. The second kappa shape index (κ2) is 12.2. The number of nitrogens with two attached hydrogens (primary N) is 2. The molecule has 0 unspecified atom stereocenters. The third kappa shape index (κ3) is 6.21. The summed E-state index contributed by atoms with van der Waals surface area (Å²) in [5, 5.41) is 21.4. The van der Waals surface area contributed by atoms with Gasteiger partial charge in [0.25, 0.3) is 0 Å². The molecule has 0 aliphatic heterocycles. The Morgan fingerprint density at radius 2 is 1.02 bits per heavy atom. The zero-order valence-corrected chi connectivity index (χ0v) is 23.4. The minimum Gasteiger partial charge on any atom is -0.506 e. The van der Waals surface area contributed by atoms with E-state index in [1.807, 2.05) is 84.9 Å². The molecule has 6 rings (SSSR count). The van der Waals surface area contributed by atoms with E-state index in [9.17, 15) is 10.2 Å². The smallest absolute Gasteiger partial charge is 0.159 e. The summed E-state index contributed by atoms with van der Waals surface area (Å²) in [5.74, 6) is 15.0. The average molecular weight is 575 g/mol. The molecule has 0 aromatic heterocycles. The van der Waals surface area contributed by atoms with Gasteiger partial charge in [-0.3, -0.25) is 0 Å². The Morgan fingerprint density at radius 3 is 1.61 bits per heavy atom. The maximum Gasteiger partial charge on any atom is 0.159 e. The molecule has 0 radical (unpaired) electrons. The summed E-state index contributed by atoms with van der Waals surface area (Å²) in [5.41, 5.74) is 15.2. The van der Waals surface area contributed by atoms with Crippen LogP contribution in [0.5, 0.6) is 34.5 Å². The molecule has 0 saturated carbocycles. The van der Waals surface area contributed by atoms with E-state index in [1.54, 1.807) is 24.3 Å². The normalized spacial score (nSPS) is 10.3. The molecule has 6 nitrogen and oxygen atoms in total. The van der Waals surface area contributed by atoms with Gasteiger partial charge in [0.05, 0.1) is 22.5 Å². The number of phenols is 2. The van der Waals surface area contributed by atoms with Gasteiger partial charge in [0.1, 0.15) is 28.7 Å². The van der Waals surface area contributed by atoms with Crippen LogP contribution in [-0.2, 0) is 0 Å². The van der Waals surface area contributed by atoms with Crippen LogP contribution in [0, 0.1) is 23.7 Å². The summed E-state index contributed by atoms with van der Waals surface area (Å²) < 4.78 is 12.5. The number of benzene rings is 6. The summed E-state index contributed by atoms with van der Waals surface area (Å²) in [6, 6.07) is 36.3. The van der Waals surface area contributed by atoms with E-state index in [-0.39, 0.29) is 22.9 Å². The largest absolute Gasteiger partial charge is 0.506 e. The van der Waals surface area contributed by atoms with Gasteiger partial charge in [0.15, 0.2) is 5.75 Å². The highest BCUT2D eigenvalue weighted by Crippen LogP contribution is 2.38. The number of aromatic hydroxyl groups is 2. The molecule has 0 spiro atoms. The van der Waals surface area contributed by atoms with Crippen molar-refractivity contribution in [3.05, 3.63) is 144 Å². The van der Waals surface area contributed by atoms with Gasteiger partial charge in [-0.05, 0) is 78.2 Å². The number of fused-ring (bicyclic) bond motifs is 1. The lowest BCUT2D eigenvalue weighted by atomic mass is 9.98. The molecule has 0 aliphatic carbocycles. The van der Waals surface area contributed by atoms with Crippen LogP contribution < -0.4 is 20.9 Å². The number of ether oxygens (including phenoxy) is 2. The van der Waals surface area contributed by atoms with Gasteiger partial charge >= 0.3 is 0 Å². The Kier molecular flexibility index (Phi) is 7.65. The fourth-order valence-electron chi connectivity index (χ4n) is 4.52. The van der Waals surface area contributed by atoms with Crippen LogP contribution >= 0.6 is 0 Å². The fraction of sp³-hybridized carbons (Fsp3) is 0. The van der Waals surface area contributed by atoms with Gasteiger partial charge in [-0.15, -0.1) is 0 Å². The van der Waals surface area contributed by atoms with Gasteiger partial charge in [-0.25, -0.2) is 0 Å². The lowest BCUT2D eigenvalue weighted by Gasteiger charge is -2.15. The highest BCUT2D eigenvalue weighted by atomic mass is 16.5. The van der Waals surface area contributed by atoms with E-state index < -0.39 is 0 Å². The lowest BCUT2D eigenvalue weighted by Crippen LogP contribution is -1.96. The van der Waals surface area contributed by atoms with Crippen LogP contribution in [0.25, 0.3) is 10.8 Å². The number of rotatable bonds is 4. The quantitative estimate of drug-likeness (QED) is 0.0971. The van der Waals surface area contributed by atoms with E-state index in [0.29, 0.717) is 34.1 Å². The van der Waals surface area contributed by atoms with Gasteiger partial charge in [-0.1, -0.05) is 60.1 Å². The monoisotopic (exact) mass is 574 g/mol. The van der Waals surface area contributed by atoms with Crippen LogP contribution in [0.15, 0.2) is 121 Å². The number of nitrogen functional groups attached to an aromatic ring is 2. The molecule has 6 aromatic carbocycles. The summed E-state index contributed by atoms with van der Waals surface area (Å²) in [6.07, 6.45) is 0. The summed E-state index contributed by atoms with van der Waals surface area (Å²) in [6.45, 7) is 0. The molecule has 0 heterocycles. The van der Waals surface area contributed by atoms with Crippen LogP contribution in [-0.4, -0.2) is 10.2 Å². The van der Waals surface area contributed by atoms with Gasteiger partial charge < -0.3 is 31.2 Å². The highest BCUT2D eigenvalue weighted by molar-refractivity contribution is 5.94. The Hall–Kier alpha value is -6.50. The van der Waals surface area contributed by atoms with E-state index >= 15 is 0 Å². The maximum absolute atomic E-state index is 9.98. The van der Waals surface area contributed by atoms with Gasteiger partial charge in [-0.2, -0.15) is 0 Å². The first-order valence-electron chi connectivity index (χ1n) is 13.7. The molecule has 0 saturated heterocycles. The Bertz CT molecular complexity index is 2120. The van der Waals surface area contributed by atoms with E-state index in [4.69, 9.17) is 20.9 Å². The average Bonchev–Trinajstić information content (AvgIpc) is 3.04. The van der Waals surface area contributed by atoms with Crippen molar-refractivity contribution in [1.29, 1.82) is 0 Å². The second-order valence-electron chi connectivity index (χ2n) is 9.89. The van der Waals surface area contributed by atoms with Crippen molar-refractivity contribution in [3.63, 3.8) is 0 Å². The number of hydrogen-bond acceptors (Lipinski definition) is 6. The second-order valence-corrected chi connectivity index (χ2v) is 9.89. The summed E-state index contributed by atoms with van der Waals surface area (Å²) in [7, 11) is 0. The van der Waals surface area contributed by atoms with Crippen LogP contribution in [0.3, 0.4) is 0 Å². The Morgan fingerprint density at radius 1 is 0.500 bits per heavy atom. The van der Waals surface area contributed by atoms with Crippen molar-refractivity contribution < 1.29 is 19.7 Å². The molecule has 212 valence electrons. The Balaban J connectivity index is 1.55. The zero-order valence-electron chi connectivity index (χ0n) is 23.4. The van der Waals surface area contributed by atoms with Crippen molar-refractivity contribution in [2.24, 2.45) is 0 Å². The van der Waals surface area contributed by atoms with Gasteiger partial charge in [0.2, 0.25) is 0 Å². The molecule has 6 aromatic rings. The minimum absolute atomic E-state index is 0.0120. The molecule has 6 N–H and O–H groups in total. The molecule has 0 fully saturated rings. The molecular weight excluding hydrogens is 548 g/mol. The Labute approximate surface area is 254 Å². The van der Waals surface area contributed by atoms with Crippen molar-refractivity contribution in [1.82, 2.24) is 0 Å². The van der Waals surface area contributed by atoms with Crippen molar-refractivity contribution >= 4 is 22.1 Å². The topological polar surface area (TPSA) is 111 Å². The molecule has 44 heavy (non-hydrogen) atoms. The van der Waals surface area contributed by atoms with Crippen molar-refractivity contribution in [2.75, 3.05) is 11.5 Å². The van der Waals surface area contributed by atoms with Crippen LogP contribution in [0.2, 0.25) is 0 Å². The molecule has 6 heteroatoms.